The number of carbonyl (C=O) groups is 1. The van der Waals surface area contributed by atoms with Crippen LogP contribution in [0.2, 0.25) is 5.02 Å². The molecule has 1 amide bonds. The van der Waals surface area contributed by atoms with E-state index < -0.39 is 37.1 Å². The zero-order valence-corrected chi connectivity index (χ0v) is 16.2. The summed E-state index contributed by atoms with van der Waals surface area (Å²) in [6.45, 7) is 5.73. The Hall–Kier alpha value is -1.32. The number of rotatable bonds is 2. The van der Waals surface area contributed by atoms with Crippen LogP contribution in [0.15, 0.2) is 23.1 Å². The second-order valence-electron chi connectivity index (χ2n) is 7.09. The van der Waals surface area contributed by atoms with Crippen LogP contribution in [-0.4, -0.2) is 49.7 Å². The smallest absolute Gasteiger partial charge is 0.340 e. The number of amides is 1. The van der Waals surface area contributed by atoms with Crippen molar-refractivity contribution in [2.75, 3.05) is 26.2 Å². The van der Waals surface area contributed by atoms with Crippen molar-refractivity contribution in [2.45, 2.75) is 31.8 Å². The summed E-state index contributed by atoms with van der Waals surface area (Å²) < 4.78 is 65.3. The number of carbonyl (C=O) groups excluding carboxylic acids is 1. The lowest BCUT2D eigenvalue weighted by atomic mass is 9.94. The maximum Gasteiger partial charge on any atom is 0.417 e. The maximum absolute atomic E-state index is 13.0. The van der Waals surface area contributed by atoms with Gasteiger partial charge in [0.15, 0.2) is 0 Å². The van der Waals surface area contributed by atoms with Gasteiger partial charge >= 0.3 is 6.18 Å². The first-order valence-corrected chi connectivity index (χ1v) is 9.72. The molecule has 1 aliphatic heterocycles. The topological polar surface area (TPSA) is 57.7 Å². The Morgan fingerprint density at radius 3 is 2.08 bits per heavy atom. The second kappa shape index (κ2) is 7.01. The van der Waals surface area contributed by atoms with Gasteiger partial charge in [-0.15, -0.1) is 0 Å². The van der Waals surface area contributed by atoms with Gasteiger partial charge in [0.1, 0.15) is 0 Å². The van der Waals surface area contributed by atoms with Gasteiger partial charge in [-0.25, -0.2) is 8.42 Å². The van der Waals surface area contributed by atoms with Gasteiger partial charge < -0.3 is 4.90 Å². The molecule has 1 saturated heterocycles. The highest BCUT2D eigenvalue weighted by molar-refractivity contribution is 7.89. The van der Waals surface area contributed by atoms with E-state index in [0.717, 1.165) is 16.4 Å². The Balaban J connectivity index is 2.22. The minimum atomic E-state index is -4.75. The molecule has 0 unspecified atom stereocenters. The van der Waals surface area contributed by atoms with Crippen molar-refractivity contribution in [2.24, 2.45) is 5.41 Å². The predicted molar refractivity (Wildman–Crippen MR) is 91.2 cm³/mol. The van der Waals surface area contributed by atoms with Crippen molar-refractivity contribution >= 4 is 27.5 Å². The number of hydrogen-bond donors (Lipinski definition) is 0. The number of halogens is 4. The highest BCUT2D eigenvalue weighted by atomic mass is 35.5. The first-order valence-electron chi connectivity index (χ1n) is 7.91. The lowest BCUT2D eigenvalue weighted by Crippen LogP contribution is -2.52. The molecule has 0 atom stereocenters. The summed E-state index contributed by atoms with van der Waals surface area (Å²) in [4.78, 5) is 13.4. The van der Waals surface area contributed by atoms with Crippen LogP contribution in [0.5, 0.6) is 0 Å². The van der Waals surface area contributed by atoms with E-state index in [1.54, 1.807) is 25.7 Å². The summed E-state index contributed by atoms with van der Waals surface area (Å²) in [5.41, 5.74) is -1.78. The van der Waals surface area contributed by atoms with Crippen LogP contribution >= 0.6 is 11.6 Å². The van der Waals surface area contributed by atoms with Crippen molar-refractivity contribution in [3.8, 4) is 0 Å². The number of hydrogen-bond acceptors (Lipinski definition) is 3. The molecule has 2 rings (SSSR count). The summed E-state index contributed by atoms with van der Waals surface area (Å²) in [6, 6.07) is 2.53. The Morgan fingerprint density at radius 2 is 1.62 bits per heavy atom. The molecule has 0 N–H and O–H groups in total. The normalized spacial score (nSPS) is 17.4. The summed E-state index contributed by atoms with van der Waals surface area (Å²) in [5, 5.41) is -0.558. The molecule has 0 saturated carbocycles. The summed E-state index contributed by atoms with van der Waals surface area (Å²) in [5.74, 6) is -0.0969. The molecule has 10 heteroatoms. The Kier molecular flexibility index (Phi) is 5.66. The van der Waals surface area contributed by atoms with Crippen molar-refractivity contribution in [1.29, 1.82) is 0 Å². The fraction of sp³-hybridized carbons (Fsp3) is 0.562. The van der Waals surface area contributed by atoms with E-state index in [9.17, 15) is 26.4 Å². The van der Waals surface area contributed by atoms with Crippen LogP contribution in [0, 0.1) is 5.41 Å². The fourth-order valence-electron chi connectivity index (χ4n) is 2.64. The first kappa shape index (κ1) is 21.0. The molecule has 1 aromatic rings. The quantitative estimate of drug-likeness (QED) is 0.749. The van der Waals surface area contributed by atoms with Crippen molar-refractivity contribution in [1.82, 2.24) is 9.21 Å². The predicted octanol–water partition coefficient (Wildman–Crippen LogP) is 3.24. The highest BCUT2D eigenvalue weighted by Gasteiger charge is 2.37. The Morgan fingerprint density at radius 1 is 1.08 bits per heavy atom. The minimum absolute atomic E-state index is 0.0220. The van der Waals surface area contributed by atoms with E-state index in [4.69, 9.17) is 11.6 Å². The van der Waals surface area contributed by atoms with Gasteiger partial charge in [0, 0.05) is 31.6 Å². The van der Waals surface area contributed by atoms with Crippen molar-refractivity contribution < 1.29 is 26.4 Å². The van der Waals surface area contributed by atoms with Gasteiger partial charge in [0.2, 0.25) is 15.9 Å². The molecule has 0 bridgehead atoms. The number of piperazine rings is 1. The largest absolute Gasteiger partial charge is 0.417 e. The highest BCUT2D eigenvalue weighted by Crippen LogP contribution is 2.36. The molecule has 0 spiro atoms. The van der Waals surface area contributed by atoms with Gasteiger partial charge in [-0.1, -0.05) is 32.4 Å². The zero-order valence-electron chi connectivity index (χ0n) is 14.6. The lowest BCUT2D eigenvalue weighted by Gasteiger charge is -2.37. The van der Waals surface area contributed by atoms with Crippen molar-refractivity contribution in [3.05, 3.63) is 28.8 Å². The third-order valence-corrected chi connectivity index (χ3v) is 6.27. The molecule has 1 fully saturated rings. The molecule has 0 aromatic heterocycles. The van der Waals surface area contributed by atoms with Crippen LogP contribution < -0.4 is 0 Å². The average molecular weight is 413 g/mol. The van der Waals surface area contributed by atoms with Gasteiger partial charge in [-0.3, -0.25) is 4.79 Å². The summed E-state index contributed by atoms with van der Waals surface area (Å²) in [6.07, 6.45) is -4.75. The van der Waals surface area contributed by atoms with E-state index in [0.29, 0.717) is 6.07 Å². The maximum atomic E-state index is 13.0. The molecule has 0 aliphatic carbocycles. The third-order valence-electron chi connectivity index (χ3n) is 4.05. The number of alkyl halides is 3. The van der Waals surface area contributed by atoms with E-state index >= 15 is 0 Å². The van der Waals surface area contributed by atoms with Crippen LogP contribution in [0.1, 0.15) is 26.3 Å². The van der Waals surface area contributed by atoms with Crippen LogP contribution in [0.25, 0.3) is 0 Å². The van der Waals surface area contributed by atoms with E-state index in [1.165, 1.54) is 0 Å². The SMILES string of the molecule is CC(C)(C)C(=O)N1CCN(S(=O)(=O)c2ccc(Cl)c(C(F)(F)F)c2)CC1. The second-order valence-corrected chi connectivity index (χ2v) is 9.43. The van der Waals surface area contributed by atoms with E-state index in [1.807, 2.05) is 0 Å². The molecule has 1 aliphatic rings. The standard InChI is InChI=1S/C16H20ClF3N2O3S/c1-15(2,3)14(23)21-6-8-22(9-7-21)26(24,25)11-4-5-13(17)12(10-11)16(18,19)20/h4-5,10H,6-9H2,1-3H3. The first-order chi connectivity index (χ1) is 11.7. The summed E-state index contributed by atoms with van der Waals surface area (Å²) in [7, 11) is -4.11. The van der Waals surface area contributed by atoms with Crippen LogP contribution in [-0.2, 0) is 21.0 Å². The van der Waals surface area contributed by atoms with Crippen LogP contribution in [0.3, 0.4) is 0 Å². The van der Waals surface area contributed by atoms with Crippen LogP contribution in [0.4, 0.5) is 13.2 Å². The average Bonchev–Trinajstić information content (AvgIpc) is 2.52. The molecular formula is C16H20ClF3N2O3S. The molecule has 146 valence electrons. The monoisotopic (exact) mass is 412 g/mol. The Labute approximate surface area is 155 Å². The zero-order chi connectivity index (χ0) is 19.9. The van der Waals surface area contributed by atoms with Gasteiger partial charge in [-0.2, -0.15) is 17.5 Å². The molecule has 0 radical (unpaired) electrons. The number of sulfonamides is 1. The lowest BCUT2D eigenvalue weighted by molar-refractivity contribution is -0.140. The van der Waals surface area contributed by atoms with Gasteiger partial charge in [0.05, 0.1) is 15.5 Å². The molecular weight excluding hydrogens is 393 g/mol. The minimum Gasteiger partial charge on any atom is -0.340 e. The molecule has 1 aromatic carbocycles. The number of nitrogens with zero attached hydrogens (tertiary/aromatic N) is 2. The van der Waals surface area contributed by atoms with E-state index in [2.05, 4.69) is 0 Å². The third kappa shape index (κ3) is 4.32. The summed E-state index contributed by atoms with van der Waals surface area (Å²) >= 11 is 5.54. The van der Waals surface area contributed by atoms with Gasteiger partial charge in [-0.05, 0) is 18.2 Å². The molecule has 26 heavy (non-hydrogen) atoms. The molecule has 1 heterocycles. The number of benzene rings is 1. The fourth-order valence-corrected chi connectivity index (χ4v) is 4.31. The van der Waals surface area contributed by atoms with Crippen molar-refractivity contribution in [3.63, 3.8) is 0 Å². The Bertz CT molecular complexity index is 796. The van der Waals surface area contributed by atoms with Gasteiger partial charge in [0.25, 0.3) is 0 Å². The molecule has 5 nitrogen and oxygen atoms in total. The van der Waals surface area contributed by atoms with E-state index in [-0.39, 0.29) is 32.1 Å².